The lowest BCUT2D eigenvalue weighted by atomic mass is 9.95. The maximum atomic E-state index is 13.7. The summed E-state index contributed by atoms with van der Waals surface area (Å²) in [5.74, 6) is -0.659. The molecule has 1 fully saturated rings. The third-order valence-corrected chi connectivity index (χ3v) is 6.37. The summed E-state index contributed by atoms with van der Waals surface area (Å²) < 4.78 is 55.0. The SMILES string of the molecule is O=C(CN1Sc2cc(F)ccc2-c2cc(C(F)(F)F)ccc21)NC1CCCCC1. The number of nitrogens with one attached hydrogen (secondary N) is 1. The van der Waals surface area contributed by atoms with Crippen LogP contribution < -0.4 is 9.62 Å². The summed E-state index contributed by atoms with van der Waals surface area (Å²) in [6, 6.07) is 7.60. The molecule has 0 unspecified atom stereocenters. The maximum absolute atomic E-state index is 13.7. The number of rotatable bonds is 3. The molecule has 4 rings (SSSR count). The molecule has 1 aliphatic carbocycles. The Balaban J connectivity index is 1.63. The number of amides is 1. The number of alkyl halides is 3. The van der Waals surface area contributed by atoms with E-state index in [9.17, 15) is 22.4 Å². The first-order valence-electron chi connectivity index (χ1n) is 9.57. The summed E-state index contributed by atoms with van der Waals surface area (Å²) in [6.07, 6.45) is 0.740. The highest BCUT2D eigenvalue weighted by Crippen LogP contribution is 2.48. The van der Waals surface area contributed by atoms with Crippen molar-refractivity contribution < 1.29 is 22.4 Å². The third kappa shape index (κ3) is 4.37. The topological polar surface area (TPSA) is 32.3 Å². The van der Waals surface area contributed by atoms with Crippen LogP contribution in [0.3, 0.4) is 0 Å². The molecule has 0 spiro atoms. The molecule has 0 saturated heterocycles. The van der Waals surface area contributed by atoms with Crippen molar-refractivity contribution in [3.05, 3.63) is 47.8 Å². The molecular formula is C21H20F4N2OS. The van der Waals surface area contributed by atoms with Crippen LogP contribution in [0.2, 0.25) is 0 Å². The van der Waals surface area contributed by atoms with Crippen LogP contribution in [0.1, 0.15) is 37.7 Å². The van der Waals surface area contributed by atoms with Crippen molar-refractivity contribution >= 4 is 23.5 Å². The third-order valence-electron chi connectivity index (χ3n) is 5.29. The lowest BCUT2D eigenvalue weighted by molar-refractivity contribution is -0.137. The predicted molar refractivity (Wildman–Crippen MR) is 105 cm³/mol. The van der Waals surface area contributed by atoms with E-state index in [4.69, 9.17) is 0 Å². The lowest BCUT2D eigenvalue weighted by Crippen LogP contribution is -2.41. The molecule has 8 heteroatoms. The van der Waals surface area contributed by atoms with E-state index in [0.717, 1.165) is 37.8 Å². The highest BCUT2D eigenvalue weighted by Gasteiger charge is 2.33. The van der Waals surface area contributed by atoms with Crippen molar-refractivity contribution in [2.45, 2.75) is 49.2 Å². The van der Waals surface area contributed by atoms with Gasteiger partial charge in [0.05, 0.1) is 11.3 Å². The van der Waals surface area contributed by atoms with E-state index in [-0.39, 0.29) is 18.5 Å². The normalized spacial score (nSPS) is 16.9. The number of nitrogens with zero attached hydrogens (tertiary/aromatic N) is 1. The number of benzene rings is 2. The second kappa shape index (κ2) is 7.89. The minimum absolute atomic E-state index is 0.0184. The zero-order valence-electron chi connectivity index (χ0n) is 15.6. The van der Waals surface area contributed by atoms with E-state index >= 15 is 0 Å². The summed E-state index contributed by atoms with van der Waals surface area (Å²) in [5, 5.41) is 3.02. The number of anilines is 1. The summed E-state index contributed by atoms with van der Waals surface area (Å²) in [5.41, 5.74) is 0.617. The quantitative estimate of drug-likeness (QED) is 0.500. The van der Waals surface area contributed by atoms with Crippen LogP contribution in [0, 0.1) is 5.82 Å². The highest BCUT2D eigenvalue weighted by molar-refractivity contribution is 8.01. The van der Waals surface area contributed by atoms with Crippen molar-refractivity contribution in [2.75, 3.05) is 10.8 Å². The largest absolute Gasteiger partial charge is 0.416 e. The first-order valence-corrected chi connectivity index (χ1v) is 10.3. The average Bonchev–Trinajstić information content (AvgIpc) is 2.67. The number of carbonyl (C=O) groups is 1. The molecule has 1 amide bonds. The number of hydrogen-bond donors (Lipinski definition) is 1. The van der Waals surface area contributed by atoms with Gasteiger partial charge in [0.25, 0.3) is 0 Å². The molecule has 0 radical (unpaired) electrons. The Kier molecular flexibility index (Phi) is 5.46. The average molecular weight is 424 g/mol. The van der Waals surface area contributed by atoms with E-state index in [1.165, 1.54) is 42.6 Å². The van der Waals surface area contributed by atoms with Gasteiger partial charge in [-0.25, -0.2) is 4.39 Å². The van der Waals surface area contributed by atoms with Gasteiger partial charge in [-0.2, -0.15) is 13.2 Å². The summed E-state index contributed by atoms with van der Waals surface area (Å²) >= 11 is 1.17. The fraction of sp³-hybridized carbons (Fsp3) is 0.381. The van der Waals surface area contributed by atoms with E-state index in [0.29, 0.717) is 21.7 Å². The van der Waals surface area contributed by atoms with E-state index < -0.39 is 17.6 Å². The number of halogens is 4. The van der Waals surface area contributed by atoms with Gasteiger partial charge >= 0.3 is 6.18 Å². The van der Waals surface area contributed by atoms with Gasteiger partial charge in [0.1, 0.15) is 12.4 Å². The molecule has 154 valence electrons. The second-order valence-electron chi connectivity index (χ2n) is 7.40. The molecule has 0 atom stereocenters. The van der Waals surface area contributed by atoms with Crippen molar-refractivity contribution in [3.8, 4) is 11.1 Å². The summed E-state index contributed by atoms with van der Waals surface area (Å²) in [7, 11) is 0. The Hall–Kier alpha value is -2.22. The second-order valence-corrected chi connectivity index (χ2v) is 8.46. The lowest BCUT2D eigenvalue weighted by Gasteiger charge is -2.32. The standard InChI is InChI=1S/C21H20F4N2OS/c22-14-7-8-16-17-10-13(21(23,24)25)6-9-18(17)27(29-19(16)11-14)12-20(28)26-15-4-2-1-3-5-15/h6-11,15H,1-5,12H2,(H,26,28). The fourth-order valence-electron chi connectivity index (χ4n) is 3.88. The van der Waals surface area contributed by atoms with Crippen molar-refractivity contribution in [3.63, 3.8) is 0 Å². The van der Waals surface area contributed by atoms with Gasteiger partial charge < -0.3 is 9.62 Å². The minimum atomic E-state index is -4.48. The molecule has 1 saturated carbocycles. The molecule has 3 nitrogen and oxygen atoms in total. The molecule has 1 N–H and O–H groups in total. The van der Waals surface area contributed by atoms with Gasteiger partial charge in [-0.05, 0) is 60.7 Å². The zero-order chi connectivity index (χ0) is 20.6. The van der Waals surface area contributed by atoms with Crippen LogP contribution in [0.4, 0.5) is 23.2 Å². The van der Waals surface area contributed by atoms with Crippen LogP contribution in [-0.4, -0.2) is 18.5 Å². The van der Waals surface area contributed by atoms with Gasteiger partial charge in [-0.3, -0.25) is 4.79 Å². The maximum Gasteiger partial charge on any atom is 0.416 e. The van der Waals surface area contributed by atoms with Crippen molar-refractivity contribution in [1.82, 2.24) is 5.32 Å². The highest BCUT2D eigenvalue weighted by atomic mass is 32.2. The van der Waals surface area contributed by atoms with Crippen LogP contribution in [0.25, 0.3) is 11.1 Å². The Morgan fingerprint density at radius 1 is 1.07 bits per heavy atom. The van der Waals surface area contributed by atoms with Crippen LogP contribution in [-0.2, 0) is 11.0 Å². The van der Waals surface area contributed by atoms with Crippen LogP contribution >= 0.6 is 11.9 Å². The van der Waals surface area contributed by atoms with Gasteiger partial charge in [-0.15, -0.1) is 0 Å². The first-order chi connectivity index (χ1) is 13.8. The van der Waals surface area contributed by atoms with Crippen molar-refractivity contribution in [2.24, 2.45) is 0 Å². The minimum Gasteiger partial charge on any atom is -0.352 e. The monoisotopic (exact) mass is 424 g/mol. The molecule has 29 heavy (non-hydrogen) atoms. The molecule has 2 aliphatic rings. The molecular weight excluding hydrogens is 404 g/mol. The Labute approximate surface area is 170 Å². The van der Waals surface area contributed by atoms with Crippen LogP contribution in [0.15, 0.2) is 41.3 Å². The van der Waals surface area contributed by atoms with Crippen LogP contribution in [0.5, 0.6) is 0 Å². The Morgan fingerprint density at radius 3 is 2.55 bits per heavy atom. The van der Waals surface area contributed by atoms with E-state index in [2.05, 4.69) is 5.32 Å². The molecule has 0 aromatic heterocycles. The van der Waals surface area contributed by atoms with Gasteiger partial charge in [0.2, 0.25) is 5.91 Å². The van der Waals surface area contributed by atoms with Crippen molar-refractivity contribution in [1.29, 1.82) is 0 Å². The molecule has 1 aliphatic heterocycles. The molecule has 2 aromatic rings. The van der Waals surface area contributed by atoms with Gasteiger partial charge in [0, 0.05) is 16.5 Å². The smallest absolute Gasteiger partial charge is 0.352 e. The van der Waals surface area contributed by atoms with E-state index in [1.54, 1.807) is 4.31 Å². The van der Waals surface area contributed by atoms with E-state index in [1.807, 2.05) is 0 Å². The van der Waals surface area contributed by atoms with Gasteiger partial charge in [0.15, 0.2) is 0 Å². The predicted octanol–water partition coefficient (Wildman–Crippen LogP) is 5.79. The Bertz CT molecular complexity index is 925. The number of fused-ring (bicyclic) bond motifs is 3. The fourth-order valence-corrected chi connectivity index (χ4v) is 4.99. The Morgan fingerprint density at radius 2 is 1.83 bits per heavy atom. The summed E-state index contributed by atoms with van der Waals surface area (Å²) in [4.78, 5) is 13.1. The summed E-state index contributed by atoms with van der Waals surface area (Å²) in [6.45, 7) is -0.0184. The molecule has 0 bridgehead atoms. The number of carbonyl (C=O) groups excluding carboxylic acids is 1. The first kappa shape index (κ1) is 20.1. The molecule has 1 heterocycles. The molecule has 2 aromatic carbocycles. The number of hydrogen-bond acceptors (Lipinski definition) is 3. The van der Waals surface area contributed by atoms with Gasteiger partial charge in [-0.1, -0.05) is 25.3 Å². The zero-order valence-corrected chi connectivity index (χ0v) is 16.4.